The van der Waals surface area contributed by atoms with Crippen LogP contribution in [-0.4, -0.2) is 30.9 Å². The summed E-state index contributed by atoms with van der Waals surface area (Å²) in [5.74, 6) is 0. The van der Waals surface area contributed by atoms with Crippen LogP contribution in [0.25, 0.3) is 0 Å². The number of aryl methyl sites for hydroxylation is 1. The number of ether oxygens (including phenoxy) is 3. The van der Waals surface area contributed by atoms with Gasteiger partial charge < -0.3 is 19.3 Å². The van der Waals surface area contributed by atoms with Crippen molar-refractivity contribution in [3.8, 4) is 0 Å². The van der Waals surface area contributed by atoms with E-state index in [1.54, 1.807) is 0 Å². The molecule has 0 aliphatic carbocycles. The van der Waals surface area contributed by atoms with Crippen LogP contribution in [-0.2, 0) is 27.2 Å². The van der Waals surface area contributed by atoms with Crippen molar-refractivity contribution in [3.05, 3.63) is 71.8 Å². The molecule has 0 heterocycles. The Kier molecular flexibility index (Phi) is 10.1. The molecule has 0 spiro atoms. The summed E-state index contributed by atoms with van der Waals surface area (Å²) < 4.78 is 17.2. The Hall–Kier alpha value is -1.72. The summed E-state index contributed by atoms with van der Waals surface area (Å²) >= 11 is 0. The Morgan fingerprint density at radius 2 is 1.44 bits per heavy atom. The van der Waals surface area contributed by atoms with Gasteiger partial charge in [0, 0.05) is 6.61 Å². The summed E-state index contributed by atoms with van der Waals surface area (Å²) in [6, 6.07) is 20.4. The normalized spacial score (nSPS) is 13.4. The minimum Gasteiger partial charge on any atom is -0.396 e. The van der Waals surface area contributed by atoms with Crippen LogP contribution in [0.4, 0.5) is 0 Å². The van der Waals surface area contributed by atoms with Gasteiger partial charge in [0.2, 0.25) is 0 Å². The minimum atomic E-state index is -0.362. The predicted octanol–water partition coefficient (Wildman–Crippen LogP) is 4.71. The molecular weight excluding hydrogens is 340 g/mol. The quantitative estimate of drug-likeness (QED) is 0.385. The summed E-state index contributed by atoms with van der Waals surface area (Å²) in [5.41, 5.74) is 2.04. The van der Waals surface area contributed by atoms with E-state index in [1.807, 2.05) is 36.4 Å². The zero-order chi connectivity index (χ0) is 19.2. The number of rotatable bonds is 14. The summed E-state index contributed by atoms with van der Waals surface area (Å²) in [6.45, 7) is 3.13. The molecular formula is C23H32O4. The van der Waals surface area contributed by atoms with E-state index < -0.39 is 0 Å². The summed E-state index contributed by atoms with van der Waals surface area (Å²) in [5, 5.41) is 9.55. The lowest BCUT2D eigenvalue weighted by Crippen LogP contribution is -2.35. The van der Waals surface area contributed by atoms with Crippen LogP contribution in [0.15, 0.2) is 60.7 Å². The van der Waals surface area contributed by atoms with E-state index in [-0.39, 0.29) is 25.8 Å². The Balaban J connectivity index is 1.76. The van der Waals surface area contributed by atoms with Gasteiger partial charge in [-0.2, -0.15) is 0 Å². The molecule has 0 radical (unpaired) electrons. The Bertz CT molecular complexity index is 594. The molecule has 0 saturated carbocycles. The van der Waals surface area contributed by atoms with Gasteiger partial charge in [-0.05, 0) is 36.8 Å². The molecule has 27 heavy (non-hydrogen) atoms. The third kappa shape index (κ3) is 8.22. The van der Waals surface area contributed by atoms with Crippen LogP contribution in [0, 0.1) is 0 Å². The third-order valence-electron chi connectivity index (χ3n) is 4.71. The molecule has 2 aromatic carbocycles. The van der Waals surface area contributed by atoms with Crippen LogP contribution >= 0.6 is 0 Å². The average molecular weight is 373 g/mol. The van der Waals surface area contributed by atoms with Crippen molar-refractivity contribution in [2.24, 2.45) is 0 Å². The fraction of sp³-hybridized carbons (Fsp3) is 0.478. The summed E-state index contributed by atoms with van der Waals surface area (Å²) in [7, 11) is 0. The molecule has 1 N–H and O–H groups in total. The monoisotopic (exact) mass is 372 g/mol. The topological polar surface area (TPSA) is 47.9 Å². The molecule has 1 atom stereocenters. The predicted molar refractivity (Wildman–Crippen MR) is 107 cm³/mol. The number of hydrogen-bond acceptors (Lipinski definition) is 4. The Labute approximate surface area is 163 Å². The van der Waals surface area contributed by atoms with Gasteiger partial charge in [-0.3, -0.25) is 0 Å². The first kappa shape index (κ1) is 21.6. The molecule has 4 nitrogen and oxygen atoms in total. The zero-order valence-corrected chi connectivity index (χ0v) is 16.3. The average Bonchev–Trinajstić information content (AvgIpc) is 2.71. The lowest BCUT2D eigenvalue weighted by molar-refractivity contribution is -0.191. The van der Waals surface area contributed by atoms with Crippen molar-refractivity contribution in [1.82, 2.24) is 0 Å². The van der Waals surface area contributed by atoms with Gasteiger partial charge in [-0.15, -0.1) is 0 Å². The van der Waals surface area contributed by atoms with E-state index in [4.69, 9.17) is 14.2 Å². The first-order chi connectivity index (χ1) is 13.3. The van der Waals surface area contributed by atoms with Gasteiger partial charge in [0.05, 0.1) is 12.2 Å². The standard InChI is InChI=1S/C23H32O4/c1-2-14-23(16-17-24,15-13-21-9-5-3-6-10-21)27-20-26-19-25-18-22-11-7-4-8-12-22/h3-12,24H,2,13-20H2,1H3/t23-/m1/s1. The number of aliphatic hydroxyl groups is 1. The third-order valence-corrected chi connectivity index (χ3v) is 4.71. The van der Waals surface area contributed by atoms with Gasteiger partial charge in [0.25, 0.3) is 0 Å². The van der Waals surface area contributed by atoms with Crippen LogP contribution in [0.2, 0.25) is 0 Å². The molecule has 0 saturated heterocycles. The second-order valence-corrected chi connectivity index (χ2v) is 6.81. The van der Waals surface area contributed by atoms with Crippen LogP contribution in [0.1, 0.15) is 43.7 Å². The molecule has 0 aliphatic rings. The van der Waals surface area contributed by atoms with E-state index in [0.717, 1.165) is 31.2 Å². The molecule has 0 fully saturated rings. The lowest BCUT2D eigenvalue weighted by Gasteiger charge is -2.33. The molecule has 0 bridgehead atoms. The van der Waals surface area contributed by atoms with Crippen molar-refractivity contribution in [3.63, 3.8) is 0 Å². The van der Waals surface area contributed by atoms with Gasteiger partial charge in [0.15, 0.2) is 0 Å². The van der Waals surface area contributed by atoms with E-state index >= 15 is 0 Å². The highest BCUT2D eigenvalue weighted by Crippen LogP contribution is 2.28. The van der Waals surface area contributed by atoms with Crippen LogP contribution < -0.4 is 0 Å². The van der Waals surface area contributed by atoms with Crippen LogP contribution in [0.3, 0.4) is 0 Å². The van der Waals surface area contributed by atoms with E-state index in [1.165, 1.54) is 5.56 Å². The van der Waals surface area contributed by atoms with Crippen molar-refractivity contribution in [1.29, 1.82) is 0 Å². The summed E-state index contributed by atoms with van der Waals surface area (Å²) in [4.78, 5) is 0. The van der Waals surface area contributed by atoms with Gasteiger partial charge in [-0.1, -0.05) is 74.0 Å². The molecule has 2 aromatic rings. The number of benzene rings is 2. The smallest absolute Gasteiger partial charge is 0.150 e. The molecule has 0 aromatic heterocycles. The van der Waals surface area contributed by atoms with Gasteiger partial charge in [-0.25, -0.2) is 0 Å². The van der Waals surface area contributed by atoms with Crippen LogP contribution in [0.5, 0.6) is 0 Å². The van der Waals surface area contributed by atoms with Crippen molar-refractivity contribution in [2.45, 2.75) is 51.2 Å². The maximum atomic E-state index is 9.55. The molecule has 0 amide bonds. The van der Waals surface area contributed by atoms with Crippen molar-refractivity contribution >= 4 is 0 Å². The first-order valence-electron chi connectivity index (χ1n) is 9.76. The highest BCUT2D eigenvalue weighted by Gasteiger charge is 2.29. The maximum Gasteiger partial charge on any atom is 0.150 e. The molecule has 0 unspecified atom stereocenters. The second kappa shape index (κ2) is 12.6. The van der Waals surface area contributed by atoms with E-state index in [9.17, 15) is 5.11 Å². The van der Waals surface area contributed by atoms with Crippen molar-refractivity contribution in [2.75, 3.05) is 20.2 Å². The molecule has 0 aliphatic heterocycles. The van der Waals surface area contributed by atoms with E-state index in [2.05, 4.69) is 31.2 Å². The Morgan fingerprint density at radius 3 is 2.07 bits per heavy atom. The largest absolute Gasteiger partial charge is 0.396 e. The number of aliphatic hydroxyl groups excluding tert-OH is 1. The maximum absolute atomic E-state index is 9.55. The summed E-state index contributed by atoms with van der Waals surface area (Å²) in [6.07, 6.45) is 4.29. The fourth-order valence-corrected chi connectivity index (χ4v) is 3.26. The Morgan fingerprint density at radius 1 is 0.778 bits per heavy atom. The first-order valence-corrected chi connectivity index (χ1v) is 9.76. The molecule has 148 valence electrons. The van der Waals surface area contributed by atoms with Gasteiger partial charge >= 0.3 is 0 Å². The highest BCUT2D eigenvalue weighted by atomic mass is 16.7. The SMILES string of the molecule is CCC[C@](CCO)(CCc1ccccc1)OCOCOCc1ccccc1. The van der Waals surface area contributed by atoms with Gasteiger partial charge in [0.1, 0.15) is 13.6 Å². The minimum absolute atomic E-state index is 0.110. The molecule has 2 rings (SSSR count). The van der Waals surface area contributed by atoms with E-state index in [0.29, 0.717) is 13.0 Å². The lowest BCUT2D eigenvalue weighted by atomic mass is 9.87. The van der Waals surface area contributed by atoms with Crippen molar-refractivity contribution < 1.29 is 19.3 Å². The molecule has 4 heteroatoms. The zero-order valence-electron chi connectivity index (χ0n) is 16.3. The highest BCUT2D eigenvalue weighted by molar-refractivity contribution is 5.15. The number of hydrogen-bond donors (Lipinski definition) is 1. The fourth-order valence-electron chi connectivity index (χ4n) is 3.26. The second-order valence-electron chi connectivity index (χ2n) is 6.81.